The monoisotopic (exact) mass is 340 g/mol. The van der Waals surface area contributed by atoms with Crippen molar-refractivity contribution >= 4 is 21.8 Å². The number of carbonyl (C=O) groups excluding carboxylic acids is 1. The van der Waals surface area contributed by atoms with E-state index in [-0.39, 0.29) is 23.9 Å². The molecule has 5 heteroatoms. The second-order valence-corrected chi connectivity index (χ2v) is 6.01. The standard InChI is InChI=1S/C15H21BrN2O2/c1-3-17-14-9-20-8-13(14)15(19)18-10(2)11-5-4-6-12(16)7-11/h4-7,10,13-14,17H,3,8-9H2,1-2H3,(H,18,19)/t10-,13?,14?/m0/s1. The molecule has 4 nitrogen and oxygen atoms in total. The molecular weight excluding hydrogens is 320 g/mol. The molecule has 2 rings (SSSR count). The van der Waals surface area contributed by atoms with Gasteiger partial charge in [0.2, 0.25) is 5.91 Å². The Kier molecular flexibility index (Phi) is 5.57. The molecule has 1 aromatic rings. The second-order valence-electron chi connectivity index (χ2n) is 5.09. The molecule has 0 aliphatic carbocycles. The Bertz CT molecular complexity index is 467. The number of ether oxygens (including phenoxy) is 1. The molecule has 1 aliphatic rings. The Labute approximate surface area is 128 Å². The van der Waals surface area contributed by atoms with Gasteiger partial charge in [-0.25, -0.2) is 0 Å². The Balaban J connectivity index is 1.97. The molecule has 1 heterocycles. The number of hydrogen-bond acceptors (Lipinski definition) is 3. The summed E-state index contributed by atoms with van der Waals surface area (Å²) in [4.78, 5) is 12.4. The van der Waals surface area contributed by atoms with Gasteiger partial charge in [-0.05, 0) is 31.2 Å². The maximum Gasteiger partial charge on any atom is 0.227 e. The lowest BCUT2D eigenvalue weighted by Crippen LogP contribution is -2.44. The van der Waals surface area contributed by atoms with E-state index < -0.39 is 0 Å². The fourth-order valence-corrected chi connectivity index (χ4v) is 2.87. The molecule has 110 valence electrons. The highest BCUT2D eigenvalue weighted by atomic mass is 79.9. The molecule has 0 aromatic heterocycles. The van der Waals surface area contributed by atoms with Gasteiger partial charge in [0.1, 0.15) is 0 Å². The van der Waals surface area contributed by atoms with Gasteiger partial charge in [-0.2, -0.15) is 0 Å². The van der Waals surface area contributed by atoms with Crippen molar-refractivity contribution < 1.29 is 9.53 Å². The van der Waals surface area contributed by atoms with Gasteiger partial charge < -0.3 is 15.4 Å². The van der Waals surface area contributed by atoms with Gasteiger partial charge >= 0.3 is 0 Å². The van der Waals surface area contributed by atoms with Gasteiger partial charge in [0.25, 0.3) is 0 Å². The highest BCUT2D eigenvalue weighted by molar-refractivity contribution is 9.10. The molecular formula is C15H21BrN2O2. The van der Waals surface area contributed by atoms with E-state index in [0.717, 1.165) is 16.6 Å². The van der Waals surface area contributed by atoms with E-state index >= 15 is 0 Å². The highest BCUT2D eigenvalue weighted by Gasteiger charge is 2.33. The third-order valence-electron chi connectivity index (χ3n) is 3.59. The predicted octanol–water partition coefficient (Wildman–Crippen LogP) is 2.25. The number of likely N-dealkylation sites (N-methyl/N-ethyl adjacent to an activating group) is 1. The molecule has 3 atom stereocenters. The molecule has 0 radical (unpaired) electrons. The average Bonchev–Trinajstić information content (AvgIpc) is 2.87. The van der Waals surface area contributed by atoms with E-state index in [4.69, 9.17) is 4.74 Å². The van der Waals surface area contributed by atoms with Gasteiger partial charge in [-0.15, -0.1) is 0 Å². The summed E-state index contributed by atoms with van der Waals surface area (Å²) < 4.78 is 6.44. The van der Waals surface area contributed by atoms with Crippen LogP contribution in [0.1, 0.15) is 25.5 Å². The summed E-state index contributed by atoms with van der Waals surface area (Å²) in [7, 11) is 0. The first kappa shape index (κ1) is 15.5. The van der Waals surface area contributed by atoms with Crippen molar-refractivity contribution in [3.8, 4) is 0 Å². The Morgan fingerprint density at radius 1 is 1.50 bits per heavy atom. The largest absolute Gasteiger partial charge is 0.379 e. The summed E-state index contributed by atoms with van der Waals surface area (Å²) in [5, 5.41) is 6.38. The van der Waals surface area contributed by atoms with Crippen LogP contribution in [0.5, 0.6) is 0 Å². The molecule has 1 saturated heterocycles. The van der Waals surface area contributed by atoms with E-state index in [0.29, 0.717) is 13.2 Å². The molecule has 1 aliphatic heterocycles. The lowest BCUT2D eigenvalue weighted by molar-refractivity contribution is -0.126. The SMILES string of the molecule is CCNC1COCC1C(=O)N[C@@H](C)c1cccc(Br)c1. The molecule has 2 N–H and O–H groups in total. The van der Waals surface area contributed by atoms with Gasteiger partial charge in [0.05, 0.1) is 25.2 Å². The van der Waals surface area contributed by atoms with E-state index in [1.54, 1.807) is 0 Å². The molecule has 2 unspecified atom stereocenters. The fraction of sp³-hybridized carbons (Fsp3) is 0.533. The van der Waals surface area contributed by atoms with Crippen LogP contribution in [0.25, 0.3) is 0 Å². The van der Waals surface area contributed by atoms with Gasteiger partial charge in [-0.3, -0.25) is 4.79 Å². The summed E-state index contributed by atoms with van der Waals surface area (Å²) in [5.41, 5.74) is 1.09. The topological polar surface area (TPSA) is 50.4 Å². The van der Waals surface area contributed by atoms with Crippen LogP contribution in [0.3, 0.4) is 0 Å². The minimum atomic E-state index is -0.107. The third kappa shape index (κ3) is 3.81. The quantitative estimate of drug-likeness (QED) is 0.864. The van der Waals surface area contributed by atoms with Crippen molar-refractivity contribution in [2.45, 2.75) is 25.9 Å². The number of benzene rings is 1. The van der Waals surface area contributed by atoms with Crippen LogP contribution in [0, 0.1) is 5.92 Å². The Morgan fingerprint density at radius 2 is 2.30 bits per heavy atom. The summed E-state index contributed by atoms with van der Waals surface area (Å²) in [6.45, 7) is 5.99. The second kappa shape index (κ2) is 7.20. The minimum absolute atomic E-state index is 0.0112. The predicted molar refractivity (Wildman–Crippen MR) is 82.5 cm³/mol. The van der Waals surface area contributed by atoms with Crippen molar-refractivity contribution in [1.29, 1.82) is 0 Å². The zero-order valence-corrected chi connectivity index (χ0v) is 13.4. The first-order valence-corrected chi connectivity index (χ1v) is 7.78. The maximum atomic E-state index is 12.4. The summed E-state index contributed by atoms with van der Waals surface area (Å²) in [6, 6.07) is 8.10. The fourth-order valence-electron chi connectivity index (χ4n) is 2.46. The number of halogens is 1. The van der Waals surface area contributed by atoms with E-state index in [2.05, 4.69) is 26.6 Å². The lowest BCUT2D eigenvalue weighted by atomic mass is 10.0. The molecule has 0 saturated carbocycles. The van der Waals surface area contributed by atoms with Crippen LogP contribution in [0.15, 0.2) is 28.7 Å². The minimum Gasteiger partial charge on any atom is -0.379 e. The van der Waals surface area contributed by atoms with Crippen LogP contribution < -0.4 is 10.6 Å². The van der Waals surface area contributed by atoms with Crippen LogP contribution in [0.2, 0.25) is 0 Å². The van der Waals surface area contributed by atoms with Crippen LogP contribution >= 0.6 is 15.9 Å². The van der Waals surface area contributed by atoms with E-state index in [1.165, 1.54) is 0 Å². The zero-order valence-electron chi connectivity index (χ0n) is 11.9. The molecule has 1 fully saturated rings. The third-order valence-corrected chi connectivity index (χ3v) is 4.08. The average molecular weight is 341 g/mol. The van der Waals surface area contributed by atoms with E-state index in [1.807, 2.05) is 38.1 Å². The normalized spacial score (nSPS) is 23.6. The van der Waals surface area contributed by atoms with Crippen molar-refractivity contribution in [1.82, 2.24) is 10.6 Å². The molecule has 20 heavy (non-hydrogen) atoms. The van der Waals surface area contributed by atoms with Crippen LogP contribution in [0.4, 0.5) is 0 Å². The first-order chi connectivity index (χ1) is 9.61. The maximum absolute atomic E-state index is 12.4. The first-order valence-electron chi connectivity index (χ1n) is 6.98. The van der Waals surface area contributed by atoms with Crippen LogP contribution in [-0.2, 0) is 9.53 Å². The number of amides is 1. The number of rotatable bonds is 5. The van der Waals surface area contributed by atoms with Gasteiger partial charge in [-0.1, -0.05) is 35.0 Å². The summed E-state index contributed by atoms with van der Waals surface area (Å²) in [5.74, 6) is -0.0505. The van der Waals surface area contributed by atoms with Crippen LogP contribution in [-0.4, -0.2) is 31.7 Å². The summed E-state index contributed by atoms with van der Waals surface area (Å²) >= 11 is 3.45. The Morgan fingerprint density at radius 3 is 3.00 bits per heavy atom. The molecule has 0 spiro atoms. The van der Waals surface area contributed by atoms with Gasteiger partial charge in [0, 0.05) is 10.5 Å². The number of hydrogen-bond donors (Lipinski definition) is 2. The zero-order chi connectivity index (χ0) is 14.5. The summed E-state index contributed by atoms with van der Waals surface area (Å²) in [6.07, 6.45) is 0. The van der Waals surface area contributed by atoms with Crippen molar-refractivity contribution in [2.24, 2.45) is 5.92 Å². The number of nitrogens with one attached hydrogen (secondary N) is 2. The number of carbonyl (C=O) groups is 1. The van der Waals surface area contributed by atoms with Crippen molar-refractivity contribution in [3.05, 3.63) is 34.3 Å². The Hall–Kier alpha value is -0.910. The highest BCUT2D eigenvalue weighted by Crippen LogP contribution is 2.20. The van der Waals surface area contributed by atoms with E-state index in [9.17, 15) is 4.79 Å². The molecule has 1 aromatic carbocycles. The lowest BCUT2D eigenvalue weighted by Gasteiger charge is -2.21. The smallest absolute Gasteiger partial charge is 0.227 e. The van der Waals surface area contributed by atoms with Crippen molar-refractivity contribution in [3.63, 3.8) is 0 Å². The molecule has 1 amide bonds. The van der Waals surface area contributed by atoms with Gasteiger partial charge in [0.15, 0.2) is 0 Å². The van der Waals surface area contributed by atoms with Crippen molar-refractivity contribution in [2.75, 3.05) is 19.8 Å². The molecule has 0 bridgehead atoms.